The van der Waals surface area contributed by atoms with Crippen molar-refractivity contribution in [3.63, 3.8) is 0 Å². The molecule has 1 heteroatoms. The first kappa shape index (κ1) is 7.53. The third kappa shape index (κ3) is 1.15. The highest BCUT2D eigenvalue weighted by Crippen LogP contribution is 2.30. The van der Waals surface area contributed by atoms with Crippen LogP contribution in [0.2, 0.25) is 0 Å². The summed E-state index contributed by atoms with van der Waals surface area (Å²) in [7, 11) is 0. The molecule has 12 heavy (non-hydrogen) atoms. The topological polar surface area (TPSA) is 12.9 Å². The van der Waals surface area contributed by atoms with Gasteiger partial charge in [-0.3, -0.25) is 4.98 Å². The van der Waals surface area contributed by atoms with Gasteiger partial charge in [0.15, 0.2) is 0 Å². The van der Waals surface area contributed by atoms with Crippen LogP contribution in [0, 0.1) is 0 Å². The summed E-state index contributed by atoms with van der Waals surface area (Å²) in [6.07, 6.45) is 8.60. The number of fused-ring (bicyclic) bond motifs is 1. The smallest absolute Gasteiger partial charge is 0.0661 e. The summed E-state index contributed by atoms with van der Waals surface area (Å²) >= 11 is 0. The van der Waals surface area contributed by atoms with Gasteiger partial charge in [-0.2, -0.15) is 0 Å². The van der Waals surface area contributed by atoms with Crippen LogP contribution in [-0.2, 0) is 0 Å². The Balaban J connectivity index is 2.45. The van der Waals surface area contributed by atoms with Gasteiger partial charge in [-0.05, 0) is 36.5 Å². The van der Waals surface area contributed by atoms with E-state index in [9.17, 15) is 0 Å². The molecule has 1 atom stereocenters. The van der Waals surface area contributed by atoms with E-state index in [0.717, 1.165) is 5.69 Å². The van der Waals surface area contributed by atoms with Crippen LogP contribution >= 0.6 is 0 Å². The maximum Gasteiger partial charge on any atom is 0.0661 e. The molecule has 1 aromatic heterocycles. The Morgan fingerprint density at radius 3 is 3.33 bits per heavy atom. The predicted octanol–water partition coefficient (Wildman–Crippen LogP) is 2.99. The zero-order valence-corrected chi connectivity index (χ0v) is 7.33. The highest BCUT2D eigenvalue weighted by atomic mass is 14.7. The number of nitrogens with zero attached hydrogens (tertiary/aromatic N) is 1. The van der Waals surface area contributed by atoms with Gasteiger partial charge in [0.05, 0.1) is 5.69 Å². The highest BCUT2D eigenvalue weighted by Gasteiger charge is 2.14. The Labute approximate surface area is 73.1 Å². The van der Waals surface area contributed by atoms with Gasteiger partial charge >= 0.3 is 0 Å². The first-order valence-electron chi connectivity index (χ1n) is 4.53. The van der Waals surface area contributed by atoms with Crippen molar-refractivity contribution in [1.82, 2.24) is 4.98 Å². The number of hydrogen-bond donors (Lipinski definition) is 0. The zero-order valence-electron chi connectivity index (χ0n) is 7.33. The second kappa shape index (κ2) is 3.10. The summed E-state index contributed by atoms with van der Waals surface area (Å²) in [6, 6.07) is 4.22. The fourth-order valence-electron chi connectivity index (χ4n) is 1.77. The van der Waals surface area contributed by atoms with Gasteiger partial charge in [0.1, 0.15) is 0 Å². The average Bonchev–Trinajstić information content (AvgIpc) is 2.17. The number of pyridine rings is 1. The average molecular weight is 159 g/mol. The molecule has 0 bridgehead atoms. The molecule has 62 valence electrons. The van der Waals surface area contributed by atoms with Gasteiger partial charge < -0.3 is 0 Å². The Morgan fingerprint density at radius 2 is 2.50 bits per heavy atom. The lowest BCUT2D eigenvalue weighted by Crippen LogP contribution is -2.03. The molecular weight excluding hydrogens is 146 g/mol. The van der Waals surface area contributed by atoms with Crippen LogP contribution in [0.4, 0.5) is 0 Å². The summed E-state index contributed by atoms with van der Waals surface area (Å²) in [5.74, 6) is 0.693. The van der Waals surface area contributed by atoms with E-state index in [1.807, 2.05) is 12.3 Å². The van der Waals surface area contributed by atoms with Crippen LogP contribution in [0.5, 0.6) is 0 Å². The molecule has 0 saturated carbocycles. The summed E-state index contributed by atoms with van der Waals surface area (Å²) in [6.45, 7) is 2.24. The summed E-state index contributed by atoms with van der Waals surface area (Å²) in [4.78, 5) is 4.33. The molecule has 0 saturated heterocycles. The lowest BCUT2D eigenvalue weighted by molar-refractivity contribution is 0.664. The van der Waals surface area contributed by atoms with E-state index in [1.54, 1.807) is 0 Å². The van der Waals surface area contributed by atoms with Crippen molar-refractivity contribution >= 4 is 6.08 Å². The second-order valence-electron chi connectivity index (χ2n) is 3.22. The minimum Gasteiger partial charge on any atom is -0.257 e. The van der Waals surface area contributed by atoms with Crippen LogP contribution in [-0.4, -0.2) is 4.98 Å². The van der Waals surface area contributed by atoms with Crippen molar-refractivity contribution in [3.05, 3.63) is 35.7 Å². The third-order valence-corrected chi connectivity index (χ3v) is 2.50. The second-order valence-corrected chi connectivity index (χ2v) is 3.22. The molecule has 1 aliphatic rings. The SMILES string of the molecule is CCC1CC=Cc2ncccc21. The number of allylic oxidation sites excluding steroid dienone is 1. The molecule has 0 N–H and O–H groups in total. The van der Waals surface area contributed by atoms with Gasteiger partial charge in [0.25, 0.3) is 0 Å². The van der Waals surface area contributed by atoms with Gasteiger partial charge in [0, 0.05) is 6.20 Å². The first-order chi connectivity index (χ1) is 5.92. The van der Waals surface area contributed by atoms with Crippen LogP contribution in [0.1, 0.15) is 36.9 Å². The minimum atomic E-state index is 0.693. The van der Waals surface area contributed by atoms with Gasteiger partial charge in [-0.1, -0.05) is 19.1 Å². The quantitative estimate of drug-likeness (QED) is 0.613. The summed E-state index contributed by atoms with van der Waals surface area (Å²) < 4.78 is 0. The fraction of sp³-hybridized carbons (Fsp3) is 0.364. The molecule has 1 heterocycles. The fourth-order valence-corrected chi connectivity index (χ4v) is 1.77. The molecule has 0 aromatic carbocycles. The standard InChI is InChI=1S/C11H13N/c1-2-9-5-3-7-11-10(9)6-4-8-12-11/h3-4,6-9H,2,5H2,1H3. The Morgan fingerprint density at radius 1 is 1.58 bits per heavy atom. The van der Waals surface area contributed by atoms with E-state index in [1.165, 1.54) is 18.4 Å². The molecule has 1 aromatic rings. The lowest BCUT2D eigenvalue weighted by Gasteiger charge is -2.18. The van der Waals surface area contributed by atoms with E-state index in [-0.39, 0.29) is 0 Å². The number of hydrogen-bond acceptors (Lipinski definition) is 1. The molecule has 1 aliphatic carbocycles. The molecule has 0 amide bonds. The summed E-state index contributed by atoms with van der Waals surface area (Å²) in [5, 5.41) is 0. The van der Waals surface area contributed by atoms with Crippen molar-refractivity contribution < 1.29 is 0 Å². The van der Waals surface area contributed by atoms with Crippen LogP contribution in [0.3, 0.4) is 0 Å². The highest BCUT2D eigenvalue weighted by molar-refractivity contribution is 5.53. The van der Waals surface area contributed by atoms with Crippen molar-refractivity contribution in [2.24, 2.45) is 0 Å². The molecular formula is C11H13N. The Kier molecular flexibility index (Phi) is 1.94. The number of rotatable bonds is 1. The molecule has 0 aliphatic heterocycles. The normalized spacial score (nSPS) is 20.6. The maximum atomic E-state index is 4.33. The third-order valence-electron chi connectivity index (χ3n) is 2.50. The molecule has 0 radical (unpaired) electrons. The van der Waals surface area contributed by atoms with E-state index in [4.69, 9.17) is 0 Å². The Hall–Kier alpha value is -1.11. The van der Waals surface area contributed by atoms with Gasteiger partial charge in [-0.15, -0.1) is 0 Å². The monoisotopic (exact) mass is 159 g/mol. The van der Waals surface area contributed by atoms with Crippen molar-refractivity contribution in [2.45, 2.75) is 25.7 Å². The maximum absolute atomic E-state index is 4.33. The van der Waals surface area contributed by atoms with Crippen LogP contribution in [0.25, 0.3) is 6.08 Å². The molecule has 0 spiro atoms. The molecule has 2 rings (SSSR count). The largest absolute Gasteiger partial charge is 0.257 e. The van der Waals surface area contributed by atoms with E-state index in [2.05, 4.69) is 30.1 Å². The van der Waals surface area contributed by atoms with Crippen molar-refractivity contribution in [2.75, 3.05) is 0 Å². The zero-order chi connectivity index (χ0) is 8.39. The molecule has 0 fully saturated rings. The van der Waals surface area contributed by atoms with E-state index >= 15 is 0 Å². The van der Waals surface area contributed by atoms with Gasteiger partial charge in [0.2, 0.25) is 0 Å². The van der Waals surface area contributed by atoms with E-state index in [0.29, 0.717) is 5.92 Å². The predicted molar refractivity (Wildman–Crippen MR) is 50.9 cm³/mol. The van der Waals surface area contributed by atoms with E-state index < -0.39 is 0 Å². The minimum absolute atomic E-state index is 0.693. The number of aromatic nitrogens is 1. The first-order valence-corrected chi connectivity index (χ1v) is 4.53. The molecule has 1 unspecified atom stereocenters. The Bertz CT molecular complexity index is 302. The van der Waals surface area contributed by atoms with Crippen molar-refractivity contribution in [3.8, 4) is 0 Å². The summed E-state index contributed by atoms with van der Waals surface area (Å²) in [5.41, 5.74) is 2.58. The van der Waals surface area contributed by atoms with Crippen LogP contribution in [0.15, 0.2) is 24.4 Å². The lowest BCUT2D eigenvalue weighted by atomic mass is 9.88. The van der Waals surface area contributed by atoms with Gasteiger partial charge in [-0.25, -0.2) is 0 Å². The van der Waals surface area contributed by atoms with Crippen LogP contribution < -0.4 is 0 Å². The van der Waals surface area contributed by atoms with Crippen molar-refractivity contribution in [1.29, 1.82) is 0 Å². The molecule has 1 nitrogen and oxygen atoms in total.